The molecule has 12 N–H and O–H groups in total. The van der Waals surface area contributed by atoms with Crippen LogP contribution in [0.15, 0.2) is 4.99 Å². The number of hydrogen-bond donors (Lipinski definition) is 8. The molecule has 194 valence electrons. The second kappa shape index (κ2) is 15.4. The fourth-order valence-corrected chi connectivity index (χ4v) is 2.77. The van der Waals surface area contributed by atoms with Crippen LogP contribution in [0.2, 0.25) is 0 Å². The fraction of sp³-hybridized carbons (Fsp3) is 0.700. The van der Waals surface area contributed by atoms with Gasteiger partial charge in [0.05, 0.1) is 6.04 Å². The summed E-state index contributed by atoms with van der Waals surface area (Å²) in [5.74, 6) is -4.31. The lowest BCUT2D eigenvalue weighted by Crippen LogP contribution is -2.57. The molecule has 4 amide bonds. The number of nitrogens with one attached hydrogen (secondary N) is 3. The quantitative estimate of drug-likeness (QED) is 0.0637. The number of aliphatic imine (C=N–C) groups is 1. The Labute approximate surface area is 198 Å². The molecule has 0 saturated carbocycles. The molecule has 0 aromatic rings. The molecule has 0 saturated heterocycles. The maximum absolute atomic E-state index is 12.7. The highest BCUT2D eigenvalue weighted by Crippen LogP contribution is 2.06. The van der Waals surface area contributed by atoms with Gasteiger partial charge in [-0.2, -0.15) is 0 Å². The summed E-state index contributed by atoms with van der Waals surface area (Å²) in [7, 11) is 0. The number of nitrogens with zero attached hydrogens (tertiary/aromatic N) is 1. The molecule has 0 rings (SSSR count). The number of rotatable bonds is 16. The molecule has 0 radical (unpaired) electrons. The van der Waals surface area contributed by atoms with Crippen LogP contribution in [-0.4, -0.2) is 71.4 Å². The Morgan fingerprint density at radius 2 is 1.47 bits per heavy atom. The number of nitrogens with two attached hydrogens (primary N) is 4. The fourth-order valence-electron chi connectivity index (χ4n) is 2.77. The Bertz CT molecular complexity index is 755. The highest BCUT2D eigenvalue weighted by atomic mass is 16.4. The van der Waals surface area contributed by atoms with Crippen molar-refractivity contribution >= 4 is 35.6 Å². The number of carbonyl (C=O) groups is 5. The van der Waals surface area contributed by atoms with Gasteiger partial charge >= 0.3 is 5.97 Å². The first-order valence-corrected chi connectivity index (χ1v) is 11.0. The van der Waals surface area contributed by atoms with E-state index in [-0.39, 0.29) is 44.1 Å². The van der Waals surface area contributed by atoms with Gasteiger partial charge in [0.25, 0.3) is 0 Å². The van der Waals surface area contributed by atoms with Crippen LogP contribution in [0, 0.1) is 5.92 Å². The molecular formula is C20H38N8O6. The van der Waals surface area contributed by atoms with Gasteiger partial charge in [-0.1, -0.05) is 20.3 Å². The number of amides is 4. The van der Waals surface area contributed by atoms with E-state index in [2.05, 4.69) is 20.9 Å². The normalized spacial score (nSPS) is 15.1. The van der Waals surface area contributed by atoms with Crippen molar-refractivity contribution < 1.29 is 29.1 Å². The van der Waals surface area contributed by atoms with E-state index in [1.54, 1.807) is 6.92 Å². The van der Waals surface area contributed by atoms with Crippen LogP contribution in [0.25, 0.3) is 0 Å². The Morgan fingerprint density at radius 3 is 1.97 bits per heavy atom. The van der Waals surface area contributed by atoms with E-state index in [0.29, 0.717) is 6.42 Å². The smallest absolute Gasteiger partial charge is 0.326 e. The van der Waals surface area contributed by atoms with Crippen molar-refractivity contribution in [1.82, 2.24) is 16.0 Å². The van der Waals surface area contributed by atoms with Gasteiger partial charge in [-0.25, -0.2) is 4.79 Å². The summed E-state index contributed by atoms with van der Waals surface area (Å²) in [6.45, 7) is 5.25. The number of primary amides is 1. The summed E-state index contributed by atoms with van der Waals surface area (Å²) < 4.78 is 0. The van der Waals surface area contributed by atoms with Gasteiger partial charge in [-0.3, -0.25) is 24.2 Å². The SMILES string of the molecule is CCC(C)C(N)C(=O)NC(C)C(=O)NC(CCC(N)=O)C(=O)NC(CCCN=C(N)N)C(=O)O. The van der Waals surface area contributed by atoms with Gasteiger partial charge in [-0.15, -0.1) is 0 Å². The Morgan fingerprint density at radius 1 is 0.882 bits per heavy atom. The third kappa shape index (κ3) is 12.0. The van der Waals surface area contributed by atoms with Crippen LogP contribution >= 0.6 is 0 Å². The molecule has 0 aromatic carbocycles. The lowest BCUT2D eigenvalue weighted by molar-refractivity contribution is -0.142. The van der Waals surface area contributed by atoms with Crippen molar-refractivity contribution in [3.8, 4) is 0 Å². The molecular weight excluding hydrogens is 448 g/mol. The van der Waals surface area contributed by atoms with Gasteiger partial charge in [0.2, 0.25) is 23.6 Å². The molecule has 5 atom stereocenters. The minimum Gasteiger partial charge on any atom is -0.480 e. The molecule has 0 heterocycles. The first-order chi connectivity index (χ1) is 15.8. The number of carboxylic acids is 1. The third-order valence-corrected chi connectivity index (χ3v) is 5.18. The van der Waals surface area contributed by atoms with Crippen LogP contribution in [0.3, 0.4) is 0 Å². The third-order valence-electron chi connectivity index (χ3n) is 5.18. The van der Waals surface area contributed by atoms with Crippen LogP contribution in [-0.2, 0) is 24.0 Å². The molecule has 0 spiro atoms. The number of carbonyl (C=O) groups excluding carboxylic acids is 4. The zero-order chi connectivity index (χ0) is 26.4. The molecule has 0 aliphatic heterocycles. The number of hydrogen-bond acceptors (Lipinski definition) is 7. The standard InChI is InChI=1S/C20H38N8O6/c1-4-10(2)15(22)18(32)26-11(3)16(30)27-12(7-8-14(21)29)17(31)28-13(19(33)34)6-5-9-25-20(23)24/h10-13,15H,4-9,22H2,1-3H3,(H2,21,29)(H,26,32)(H,27,30)(H,28,31)(H,33,34)(H4,23,24,25). The zero-order valence-electron chi connectivity index (χ0n) is 19.9. The molecule has 14 nitrogen and oxygen atoms in total. The Hall–Kier alpha value is -3.42. The van der Waals surface area contributed by atoms with Crippen molar-refractivity contribution in [2.75, 3.05) is 6.54 Å². The molecule has 0 aromatic heterocycles. The molecule has 34 heavy (non-hydrogen) atoms. The van der Waals surface area contributed by atoms with Crippen molar-refractivity contribution in [3.05, 3.63) is 0 Å². The Kier molecular flexibility index (Phi) is 13.9. The highest BCUT2D eigenvalue weighted by Gasteiger charge is 2.29. The first-order valence-electron chi connectivity index (χ1n) is 11.0. The largest absolute Gasteiger partial charge is 0.480 e. The topological polar surface area (TPSA) is 258 Å². The van der Waals surface area contributed by atoms with Gasteiger partial charge < -0.3 is 44.0 Å². The monoisotopic (exact) mass is 486 g/mol. The minimum absolute atomic E-state index is 0.0221. The summed E-state index contributed by atoms with van der Waals surface area (Å²) in [6, 6.07) is -4.40. The number of guanidine groups is 1. The molecule has 0 fully saturated rings. The van der Waals surface area contributed by atoms with E-state index in [9.17, 15) is 29.1 Å². The van der Waals surface area contributed by atoms with Crippen molar-refractivity contribution in [2.24, 2.45) is 33.8 Å². The second-order valence-electron chi connectivity index (χ2n) is 8.06. The summed E-state index contributed by atoms with van der Waals surface area (Å²) in [5, 5.41) is 16.6. The van der Waals surface area contributed by atoms with Gasteiger partial charge in [0.1, 0.15) is 18.1 Å². The van der Waals surface area contributed by atoms with Gasteiger partial charge in [-0.05, 0) is 32.1 Å². The number of carboxylic acid groups (broad SMARTS) is 1. The summed E-state index contributed by atoms with van der Waals surface area (Å²) in [5.41, 5.74) is 21.4. The molecule has 14 heteroatoms. The van der Waals surface area contributed by atoms with Crippen LogP contribution < -0.4 is 38.9 Å². The Balaban J connectivity index is 5.21. The molecule has 5 unspecified atom stereocenters. The van der Waals surface area contributed by atoms with Crippen molar-refractivity contribution in [3.63, 3.8) is 0 Å². The van der Waals surface area contributed by atoms with E-state index < -0.39 is 53.8 Å². The second-order valence-corrected chi connectivity index (χ2v) is 8.06. The molecule has 0 aliphatic rings. The lowest BCUT2D eigenvalue weighted by Gasteiger charge is -2.24. The van der Waals surface area contributed by atoms with Gasteiger partial charge in [0.15, 0.2) is 5.96 Å². The van der Waals surface area contributed by atoms with E-state index in [4.69, 9.17) is 22.9 Å². The average Bonchev–Trinajstić information content (AvgIpc) is 2.76. The maximum Gasteiger partial charge on any atom is 0.326 e. The zero-order valence-corrected chi connectivity index (χ0v) is 19.9. The van der Waals surface area contributed by atoms with Crippen molar-refractivity contribution in [2.45, 2.75) is 77.0 Å². The van der Waals surface area contributed by atoms with Crippen LogP contribution in [0.4, 0.5) is 0 Å². The van der Waals surface area contributed by atoms with E-state index in [1.165, 1.54) is 6.92 Å². The van der Waals surface area contributed by atoms with E-state index in [1.807, 2.05) is 6.92 Å². The predicted molar refractivity (Wildman–Crippen MR) is 125 cm³/mol. The highest BCUT2D eigenvalue weighted by molar-refractivity contribution is 5.94. The molecule has 0 aliphatic carbocycles. The number of aliphatic carboxylic acids is 1. The average molecular weight is 487 g/mol. The predicted octanol–water partition coefficient (Wildman–Crippen LogP) is -2.76. The van der Waals surface area contributed by atoms with Crippen molar-refractivity contribution in [1.29, 1.82) is 0 Å². The molecule has 0 bridgehead atoms. The van der Waals surface area contributed by atoms with Gasteiger partial charge in [0, 0.05) is 13.0 Å². The lowest BCUT2D eigenvalue weighted by atomic mass is 9.99. The van der Waals surface area contributed by atoms with Crippen LogP contribution in [0.5, 0.6) is 0 Å². The minimum atomic E-state index is -1.29. The van der Waals surface area contributed by atoms with Crippen LogP contribution in [0.1, 0.15) is 52.9 Å². The maximum atomic E-state index is 12.7. The summed E-state index contributed by atoms with van der Waals surface area (Å²) in [4.78, 5) is 64.0. The van der Waals surface area contributed by atoms with E-state index in [0.717, 1.165) is 0 Å². The van der Waals surface area contributed by atoms with E-state index >= 15 is 0 Å². The first kappa shape index (κ1) is 30.6. The summed E-state index contributed by atoms with van der Waals surface area (Å²) in [6.07, 6.45) is 0.559. The summed E-state index contributed by atoms with van der Waals surface area (Å²) >= 11 is 0.